The summed E-state index contributed by atoms with van der Waals surface area (Å²) in [5, 5.41) is 7.11. The number of aromatic nitrogens is 1. The molecule has 2 aromatic rings. The molecule has 1 heterocycles. The molecule has 53 heavy (non-hydrogen) atoms. The number of unbranched alkanes of at least 4 members (excludes halogenated alkanes) is 2. The zero-order chi connectivity index (χ0) is 40.5. The minimum atomic E-state index is -0.585. The Labute approximate surface area is 328 Å². The third-order valence-electron chi connectivity index (χ3n) is 9.15. The number of rotatable bonds is 23. The highest BCUT2D eigenvalue weighted by atomic mass is 31.0. The second-order valence-electron chi connectivity index (χ2n) is 13.4. The van der Waals surface area contributed by atoms with E-state index in [4.69, 9.17) is 5.73 Å². The van der Waals surface area contributed by atoms with E-state index < -0.39 is 5.83 Å². The third-order valence-corrected chi connectivity index (χ3v) is 9.59. The molecule has 302 valence electrons. The van der Waals surface area contributed by atoms with Crippen LogP contribution < -0.4 is 21.7 Å². The Bertz CT molecular complexity index is 1250. The van der Waals surface area contributed by atoms with E-state index in [9.17, 15) is 8.78 Å². The molecule has 0 fully saturated rings. The Morgan fingerprint density at radius 2 is 1.62 bits per heavy atom. The van der Waals surface area contributed by atoms with Crippen molar-refractivity contribution in [3.05, 3.63) is 72.3 Å². The maximum Gasteiger partial charge on any atom is 0.164 e. The Morgan fingerprint density at radius 3 is 2.09 bits per heavy atom. The highest BCUT2D eigenvalue weighted by molar-refractivity contribution is 7.28. The zero-order valence-electron chi connectivity index (χ0n) is 34.5. The number of anilines is 1. The van der Waals surface area contributed by atoms with Crippen LogP contribution in [0.25, 0.3) is 0 Å². The second-order valence-corrected chi connectivity index (χ2v) is 14.4. The van der Waals surface area contributed by atoms with Crippen LogP contribution in [-0.4, -0.2) is 44.1 Å². The Balaban J connectivity index is 0. The molecule has 0 saturated heterocycles. The normalized spacial score (nSPS) is 12.0. The molecule has 2 rings (SSSR count). The van der Waals surface area contributed by atoms with Crippen molar-refractivity contribution in [1.82, 2.24) is 10.3 Å². The molecule has 6 nitrogen and oxygen atoms in total. The first-order valence-electron chi connectivity index (χ1n) is 19.7. The molecule has 0 radical (unpaired) electrons. The molecule has 0 aliphatic carbocycles. The number of allylic oxidation sites excluding steroid dienone is 1. The van der Waals surface area contributed by atoms with Gasteiger partial charge >= 0.3 is 0 Å². The van der Waals surface area contributed by atoms with Crippen LogP contribution in [0.15, 0.2) is 65.6 Å². The first-order valence-corrected chi connectivity index (χ1v) is 21.1. The molecular formula is C43H76F2N6P2. The molecule has 0 bridgehead atoms. The molecule has 0 amide bonds. The summed E-state index contributed by atoms with van der Waals surface area (Å²) in [6.45, 7) is 24.5. The summed E-state index contributed by atoms with van der Waals surface area (Å²) in [7, 11) is 6.48. The number of pyridine rings is 1. The maximum atomic E-state index is 14.7. The van der Waals surface area contributed by atoms with Crippen molar-refractivity contribution in [3.8, 4) is 0 Å². The summed E-state index contributed by atoms with van der Waals surface area (Å²) in [6.07, 6.45) is 20.5. The number of nitrogens with zero attached hydrogens (tertiary/aromatic N) is 3. The van der Waals surface area contributed by atoms with E-state index in [1.165, 1.54) is 69.8 Å². The average molecular weight is 777 g/mol. The zero-order valence-corrected chi connectivity index (χ0v) is 36.8. The third kappa shape index (κ3) is 22.4. The SMILES string of the molecule is C=C.C=Nc1c(P)cc(C(=N/CNc2ccc(CC(C)CC)cn2)/C(F)=C\N)cc1CCCNC.CCCCCC(CCC)(CCC)CCC.FCP. The minimum Gasteiger partial charge on any atom is -0.402 e. The van der Waals surface area contributed by atoms with Crippen LogP contribution in [0.4, 0.5) is 20.3 Å². The lowest BCUT2D eigenvalue weighted by Crippen LogP contribution is -2.20. The number of nitrogens with one attached hydrogen (secondary N) is 2. The van der Waals surface area contributed by atoms with Crippen molar-refractivity contribution < 1.29 is 8.78 Å². The smallest absolute Gasteiger partial charge is 0.164 e. The predicted octanol–water partition coefficient (Wildman–Crippen LogP) is 11.8. The molecule has 4 N–H and O–H groups in total. The highest BCUT2D eigenvalue weighted by Crippen LogP contribution is 2.40. The van der Waals surface area contributed by atoms with E-state index in [0.29, 0.717) is 22.7 Å². The fraction of sp³-hybridized carbons (Fsp3) is 0.605. The Hall–Kier alpha value is -2.53. The number of alkyl halides is 1. The molecule has 3 unspecified atom stereocenters. The summed E-state index contributed by atoms with van der Waals surface area (Å²) in [5.41, 5.74) is 10.0. The van der Waals surface area contributed by atoms with Crippen LogP contribution in [0, 0.1) is 11.3 Å². The summed E-state index contributed by atoms with van der Waals surface area (Å²) < 4.78 is 24.9. The van der Waals surface area contributed by atoms with Crippen LogP contribution in [-0.2, 0) is 12.8 Å². The van der Waals surface area contributed by atoms with Gasteiger partial charge in [-0.25, -0.2) is 13.8 Å². The summed E-state index contributed by atoms with van der Waals surface area (Å²) in [6, 6.07) is 7.73. The Kier molecular flexibility index (Phi) is 33.7. The number of nitrogens with two attached hydrogens (primary N) is 1. The standard InChI is InChI=1S/C25H36FN6P.C15H32.C2H4.CH4FP/c1-5-17(2)11-18-8-9-23(30-15-18)31-16-32-24(21(26)14-27)20-12-19(7-6-10-28-3)25(29-4)22(33)13-20;1-5-9-10-14-15(11-6-2,12-7-3)13-8-4;1-2;2-1-3/h8-9,12-15,17,28H,4-7,10-11,16,27,33H2,1-3H3,(H,30,31);5-14H2,1-4H3;1-2H2;1,3H2/b21-14+,32-24-;;;. The molecule has 0 spiro atoms. The first-order chi connectivity index (χ1) is 25.6. The molecular weight excluding hydrogens is 700 g/mol. The van der Waals surface area contributed by atoms with Gasteiger partial charge in [0, 0.05) is 18.0 Å². The van der Waals surface area contributed by atoms with Crippen molar-refractivity contribution in [1.29, 1.82) is 0 Å². The van der Waals surface area contributed by atoms with Crippen LogP contribution in [0.5, 0.6) is 0 Å². The van der Waals surface area contributed by atoms with Gasteiger partial charge in [0.15, 0.2) is 5.83 Å². The highest BCUT2D eigenvalue weighted by Gasteiger charge is 2.26. The van der Waals surface area contributed by atoms with E-state index in [-0.39, 0.29) is 18.8 Å². The van der Waals surface area contributed by atoms with Gasteiger partial charge in [0.1, 0.15) is 24.6 Å². The topological polar surface area (TPSA) is 87.7 Å². The van der Waals surface area contributed by atoms with E-state index >= 15 is 0 Å². The monoisotopic (exact) mass is 777 g/mol. The summed E-state index contributed by atoms with van der Waals surface area (Å²) >= 11 is 0. The molecule has 10 heteroatoms. The molecule has 0 saturated carbocycles. The number of hydrogen-bond donors (Lipinski definition) is 3. The van der Waals surface area contributed by atoms with Gasteiger partial charge in [-0.2, -0.15) is 0 Å². The van der Waals surface area contributed by atoms with Gasteiger partial charge in [0.2, 0.25) is 0 Å². The second kappa shape index (κ2) is 34.0. The number of aliphatic imine (C=N–C) groups is 2. The minimum absolute atomic E-state index is 0.164. The molecule has 0 aliphatic heterocycles. The van der Waals surface area contributed by atoms with Crippen molar-refractivity contribution >= 4 is 47.7 Å². The molecule has 0 aliphatic rings. The first kappa shape index (κ1) is 52.6. The van der Waals surface area contributed by atoms with E-state index in [2.05, 4.69) is 102 Å². The quantitative estimate of drug-likeness (QED) is 0.0454. The van der Waals surface area contributed by atoms with Gasteiger partial charge in [0.05, 0.1) is 5.69 Å². The van der Waals surface area contributed by atoms with Gasteiger partial charge in [-0.3, -0.25) is 9.98 Å². The summed E-state index contributed by atoms with van der Waals surface area (Å²) in [5.74, 6) is 0.726. The van der Waals surface area contributed by atoms with E-state index in [1.807, 2.05) is 40.7 Å². The van der Waals surface area contributed by atoms with Crippen molar-refractivity contribution in [3.63, 3.8) is 0 Å². The number of aryl methyl sites for hydroxylation is 1. The molecule has 3 atom stereocenters. The van der Waals surface area contributed by atoms with Crippen LogP contribution >= 0.6 is 18.5 Å². The fourth-order valence-corrected chi connectivity index (χ4v) is 7.02. The summed E-state index contributed by atoms with van der Waals surface area (Å²) in [4.78, 5) is 13.1. The lowest BCUT2D eigenvalue weighted by Gasteiger charge is -2.33. The number of halogens is 2. The van der Waals surface area contributed by atoms with Gasteiger partial charge in [-0.15, -0.1) is 31.6 Å². The van der Waals surface area contributed by atoms with E-state index in [1.54, 1.807) is 0 Å². The maximum absolute atomic E-state index is 14.7. The van der Waals surface area contributed by atoms with E-state index in [0.717, 1.165) is 55.0 Å². The van der Waals surface area contributed by atoms with Crippen molar-refractivity contribution in [2.75, 3.05) is 32.0 Å². The van der Waals surface area contributed by atoms with Gasteiger partial charge < -0.3 is 16.4 Å². The van der Waals surface area contributed by atoms with Gasteiger partial charge in [-0.05, 0) is 111 Å². The van der Waals surface area contributed by atoms with Crippen molar-refractivity contribution in [2.24, 2.45) is 27.1 Å². The van der Waals surface area contributed by atoms with Crippen LogP contribution in [0.1, 0.15) is 135 Å². The number of benzene rings is 1. The van der Waals surface area contributed by atoms with Crippen LogP contribution in [0.3, 0.4) is 0 Å². The largest absolute Gasteiger partial charge is 0.402 e. The lowest BCUT2D eigenvalue weighted by atomic mass is 9.72. The van der Waals surface area contributed by atoms with Crippen molar-refractivity contribution in [2.45, 2.75) is 131 Å². The fourth-order valence-electron chi connectivity index (χ4n) is 6.57. The lowest BCUT2D eigenvalue weighted by molar-refractivity contribution is 0.186. The average Bonchev–Trinajstić information content (AvgIpc) is 3.15. The molecule has 1 aromatic carbocycles. The Morgan fingerprint density at radius 1 is 1.00 bits per heavy atom. The number of hydrogen-bond acceptors (Lipinski definition) is 6. The van der Waals surface area contributed by atoms with Gasteiger partial charge in [-0.1, -0.05) is 92.6 Å². The van der Waals surface area contributed by atoms with Crippen LogP contribution in [0.2, 0.25) is 0 Å². The molecule has 1 aromatic heterocycles. The van der Waals surface area contributed by atoms with Gasteiger partial charge in [0.25, 0.3) is 0 Å². The predicted molar refractivity (Wildman–Crippen MR) is 241 cm³/mol.